The molecular weight excluding hydrogens is 200 g/mol. The number of aliphatic carboxylic acids is 1. The standard InChI is InChI=1S/C9H16N2O4/c1-7(13)11-8(9(14)15)4-2-3-5-10-6-12/h6,8H,2-5H2,1H3,(H,10,12)(H,11,13)(H,14,15)/t8-/m0/s1. The summed E-state index contributed by atoms with van der Waals surface area (Å²) in [5, 5.41) is 13.6. The SMILES string of the molecule is CC(=O)N[C@@H](CCCCNC=O)C(=O)O. The fourth-order valence-corrected chi connectivity index (χ4v) is 1.14. The number of hydrogen-bond donors (Lipinski definition) is 3. The molecule has 0 rings (SSSR count). The van der Waals surface area contributed by atoms with Gasteiger partial charge in [-0.1, -0.05) is 0 Å². The van der Waals surface area contributed by atoms with E-state index in [-0.39, 0.29) is 5.91 Å². The first-order valence-corrected chi connectivity index (χ1v) is 4.75. The van der Waals surface area contributed by atoms with Crippen LogP contribution in [0.25, 0.3) is 0 Å². The number of hydrogen-bond acceptors (Lipinski definition) is 3. The lowest BCUT2D eigenvalue weighted by molar-refractivity contribution is -0.141. The van der Waals surface area contributed by atoms with E-state index in [9.17, 15) is 14.4 Å². The number of amides is 2. The maximum Gasteiger partial charge on any atom is 0.326 e. The van der Waals surface area contributed by atoms with Gasteiger partial charge in [-0.05, 0) is 19.3 Å². The van der Waals surface area contributed by atoms with Gasteiger partial charge in [-0.15, -0.1) is 0 Å². The number of carbonyl (C=O) groups excluding carboxylic acids is 2. The number of carboxylic acid groups (broad SMARTS) is 1. The number of carbonyl (C=O) groups is 3. The summed E-state index contributed by atoms with van der Waals surface area (Å²) in [4.78, 5) is 31.2. The van der Waals surface area contributed by atoms with E-state index >= 15 is 0 Å². The van der Waals surface area contributed by atoms with E-state index in [1.165, 1.54) is 6.92 Å². The minimum absolute atomic E-state index is 0.353. The average molecular weight is 216 g/mol. The van der Waals surface area contributed by atoms with Crippen LogP contribution in [0.2, 0.25) is 0 Å². The van der Waals surface area contributed by atoms with Gasteiger partial charge in [0, 0.05) is 13.5 Å². The van der Waals surface area contributed by atoms with Gasteiger partial charge >= 0.3 is 5.97 Å². The summed E-state index contributed by atoms with van der Waals surface area (Å²) in [6, 6.07) is -0.835. The molecule has 0 unspecified atom stereocenters. The molecule has 3 N–H and O–H groups in total. The van der Waals surface area contributed by atoms with Gasteiger partial charge in [-0.25, -0.2) is 4.79 Å². The summed E-state index contributed by atoms with van der Waals surface area (Å²) in [7, 11) is 0. The number of rotatable bonds is 8. The monoisotopic (exact) mass is 216 g/mol. The summed E-state index contributed by atoms with van der Waals surface area (Å²) >= 11 is 0. The molecule has 0 bridgehead atoms. The molecule has 0 aliphatic carbocycles. The molecule has 0 aliphatic rings. The molecule has 0 aliphatic heterocycles. The minimum atomic E-state index is -1.03. The molecule has 2 amide bonds. The Morgan fingerprint density at radius 2 is 2.07 bits per heavy atom. The van der Waals surface area contributed by atoms with Crippen LogP contribution in [0.3, 0.4) is 0 Å². The second-order valence-corrected chi connectivity index (χ2v) is 3.16. The molecule has 0 radical (unpaired) electrons. The molecule has 0 spiro atoms. The van der Waals surface area contributed by atoms with Gasteiger partial charge in [0.25, 0.3) is 0 Å². The van der Waals surface area contributed by atoms with Crippen LogP contribution >= 0.6 is 0 Å². The van der Waals surface area contributed by atoms with Gasteiger partial charge in [0.1, 0.15) is 6.04 Å². The lowest BCUT2D eigenvalue weighted by Crippen LogP contribution is -2.39. The highest BCUT2D eigenvalue weighted by atomic mass is 16.4. The Balaban J connectivity index is 3.71. The zero-order valence-corrected chi connectivity index (χ0v) is 8.66. The topological polar surface area (TPSA) is 95.5 Å². The largest absolute Gasteiger partial charge is 0.480 e. The van der Waals surface area contributed by atoms with E-state index in [1.54, 1.807) is 0 Å². The second-order valence-electron chi connectivity index (χ2n) is 3.16. The van der Waals surface area contributed by atoms with Crippen molar-refractivity contribution in [3.63, 3.8) is 0 Å². The van der Waals surface area contributed by atoms with Crippen LogP contribution in [0.5, 0.6) is 0 Å². The van der Waals surface area contributed by atoms with Crippen molar-refractivity contribution in [2.75, 3.05) is 6.54 Å². The third-order valence-electron chi connectivity index (χ3n) is 1.82. The molecule has 0 saturated heterocycles. The van der Waals surface area contributed by atoms with Gasteiger partial charge in [-0.3, -0.25) is 9.59 Å². The van der Waals surface area contributed by atoms with Crippen LogP contribution in [0.1, 0.15) is 26.2 Å². The van der Waals surface area contributed by atoms with Crippen molar-refractivity contribution in [2.45, 2.75) is 32.2 Å². The molecule has 6 heteroatoms. The highest BCUT2D eigenvalue weighted by Gasteiger charge is 2.17. The van der Waals surface area contributed by atoms with E-state index in [1.807, 2.05) is 0 Å². The lowest BCUT2D eigenvalue weighted by atomic mass is 10.1. The van der Waals surface area contributed by atoms with Crippen LogP contribution < -0.4 is 10.6 Å². The van der Waals surface area contributed by atoms with Crippen LogP contribution in [0.15, 0.2) is 0 Å². The molecule has 0 heterocycles. The molecule has 0 aromatic heterocycles. The molecule has 0 aromatic rings. The molecule has 0 saturated carbocycles. The average Bonchev–Trinajstić information content (AvgIpc) is 2.15. The predicted octanol–water partition coefficient (Wildman–Crippen LogP) is -0.508. The summed E-state index contributed by atoms with van der Waals surface area (Å²) in [5.74, 6) is -1.39. The lowest BCUT2D eigenvalue weighted by Gasteiger charge is -2.12. The van der Waals surface area contributed by atoms with E-state index in [4.69, 9.17) is 5.11 Å². The normalized spacial score (nSPS) is 11.5. The Kier molecular flexibility index (Phi) is 6.96. The zero-order valence-electron chi connectivity index (χ0n) is 8.66. The van der Waals surface area contributed by atoms with Crippen LogP contribution in [0, 0.1) is 0 Å². The quantitative estimate of drug-likeness (QED) is 0.376. The van der Waals surface area contributed by atoms with Crippen molar-refractivity contribution in [3.05, 3.63) is 0 Å². The van der Waals surface area contributed by atoms with Gasteiger partial charge in [0.05, 0.1) is 0 Å². The second kappa shape index (κ2) is 7.78. The predicted molar refractivity (Wildman–Crippen MR) is 53.2 cm³/mol. The number of carboxylic acids is 1. The molecule has 15 heavy (non-hydrogen) atoms. The summed E-state index contributed by atoms with van der Waals surface area (Å²) in [6.45, 7) is 1.81. The first-order valence-electron chi connectivity index (χ1n) is 4.75. The number of unbranched alkanes of at least 4 members (excludes halogenated alkanes) is 1. The molecule has 6 nitrogen and oxygen atoms in total. The third-order valence-corrected chi connectivity index (χ3v) is 1.82. The first-order chi connectivity index (χ1) is 7.07. The van der Waals surface area contributed by atoms with Gasteiger partial charge < -0.3 is 15.7 Å². The molecule has 1 atom stereocenters. The van der Waals surface area contributed by atoms with Crippen molar-refractivity contribution >= 4 is 18.3 Å². The van der Waals surface area contributed by atoms with Crippen LogP contribution in [-0.4, -0.2) is 36.0 Å². The Labute approximate surface area is 88.0 Å². The van der Waals surface area contributed by atoms with Crippen LogP contribution in [-0.2, 0) is 14.4 Å². The van der Waals surface area contributed by atoms with Gasteiger partial charge in [-0.2, -0.15) is 0 Å². The molecular formula is C9H16N2O4. The van der Waals surface area contributed by atoms with Crippen molar-refractivity contribution in [1.82, 2.24) is 10.6 Å². The summed E-state index contributed by atoms with van der Waals surface area (Å²) in [5.41, 5.74) is 0. The maximum absolute atomic E-state index is 10.7. The Hall–Kier alpha value is -1.59. The van der Waals surface area contributed by atoms with Gasteiger partial charge in [0.15, 0.2) is 0 Å². The Bertz CT molecular complexity index is 230. The highest BCUT2D eigenvalue weighted by Crippen LogP contribution is 2.00. The molecule has 86 valence electrons. The maximum atomic E-state index is 10.7. The Morgan fingerprint density at radius 3 is 2.53 bits per heavy atom. The first kappa shape index (κ1) is 13.4. The van der Waals surface area contributed by atoms with Gasteiger partial charge in [0.2, 0.25) is 12.3 Å². The van der Waals surface area contributed by atoms with Crippen molar-refractivity contribution in [3.8, 4) is 0 Å². The highest BCUT2D eigenvalue weighted by molar-refractivity contribution is 5.81. The van der Waals surface area contributed by atoms with Crippen LogP contribution in [0.4, 0.5) is 0 Å². The molecule has 0 aromatic carbocycles. The minimum Gasteiger partial charge on any atom is -0.480 e. The number of nitrogens with one attached hydrogen (secondary N) is 2. The fraction of sp³-hybridized carbons (Fsp3) is 0.667. The van der Waals surface area contributed by atoms with E-state index in [0.717, 1.165) is 0 Å². The summed E-state index contributed by atoms with van der Waals surface area (Å²) < 4.78 is 0. The fourth-order valence-electron chi connectivity index (χ4n) is 1.14. The smallest absolute Gasteiger partial charge is 0.326 e. The van der Waals surface area contributed by atoms with E-state index in [2.05, 4.69) is 10.6 Å². The zero-order chi connectivity index (χ0) is 11.7. The van der Waals surface area contributed by atoms with Crippen molar-refractivity contribution < 1.29 is 19.5 Å². The van der Waals surface area contributed by atoms with Crippen molar-refractivity contribution in [1.29, 1.82) is 0 Å². The molecule has 0 fully saturated rings. The Morgan fingerprint density at radius 1 is 1.40 bits per heavy atom. The third kappa shape index (κ3) is 7.48. The van der Waals surface area contributed by atoms with Crippen molar-refractivity contribution in [2.24, 2.45) is 0 Å². The van der Waals surface area contributed by atoms with E-state index < -0.39 is 12.0 Å². The summed E-state index contributed by atoms with van der Waals surface area (Å²) in [6.07, 6.45) is 2.30. The van der Waals surface area contributed by atoms with E-state index in [0.29, 0.717) is 32.2 Å².